The lowest BCUT2D eigenvalue weighted by Crippen LogP contribution is -2.32. The van der Waals surface area contributed by atoms with E-state index in [2.05, 4.69) is 57.9 Å². The molecule has 1 amide bonds. The molecular formula is C19H35N3O. The van der Waals surface area contributed by atoms with Gasteiger partial charge in [0.25, 0.3) is 0 Å². The first-order chi connectivity index (χ1) is 10.8. The molecule has 2 atom stereocenters. The van der Waals surface area contributed by atoms with Gasteiger partial charge >= 0.3 is 0 Å². The molecular weight excluding hydrogens is 286 g/mol. The van der Waals surface area contributed by atoms with Crippen LogP contribution in [-0.4, -0.2) is 75.0 Å². The molecule has 1 heterocycles. The summed E-state index contributed by atoms with van der Waals surface area (Å²) in [6, 6.07) is 0. The van der Waals surface area contributed by atoms with Gasteiger partial charge in [-0.2, -0.15) is 0 Å². The number of allylic oxidation sites excluding steroid dienone is 3. The number of hydrogen-bond acceptors (Lipinski definition) is 3. The Labute approximate surface area is 142 Å². The lowest BCUT2D eigenvalue weighted by molar-refractivity contribution is -0.125. The van der Waals surface area contributed by atoms with E-state index in [1.165, 1.54) is 5.57 Å². The molecule has 0 N–H and O–H groups in total. The van der Waals surface area contributed by atoms with Gasteiger partial charge in [0.05, 0.1) is 0 Å². The van der Waals surface area contributed by atoms with E-state index in [1.807, 2.05) is 11.0 Å². The predicted molar refractivity (Wildman–Crippen MR) is 98.5 cm³/mol. The van der Waals surface area contributed by atoms with Crippen LogP contribution in [0.2, 0.25) is 0 Å². The Kier molecular flexibility index (Phi) is 8.56. The first kappa shape index (κ1) is 19.9. The number of rotatable bonds is 8. The zero-order chi connectivity index (χ0) is 17.4. The lowest BCUT2D eigenvalue weighted by atomic mass is 9.95. The monoisotopic (exact) mass is 321 g/mol. The van der Waals surface area contributed by atoms with Gasteiger partial charge in [0.15, 0.2) is 0 Å². The average molecular weight is 322 g/mol. The summed E-state index contributed by atoms with van der Waals surface area (Å²) in [5, 5.41) is 0. The normalized spacial score (nSPS) is 21.7. The lowest BCUT2D eigenvalue weighted by Gasteiger charge is -2.24. The minimum atomic E-state index is 0.173. The standard InChI is InChI=1S/C19H35N3O/c1-16(2)10-8-7-9-11-19(23)22-14-17(12-20(3)4)18(15-22)13-21(5)6/h9-11,17-18H,7-8,12-15H2,1-6H3/b11-9+/t17-,18-/m1/s1. The van der Waals surface area contributed by atoms with Crippen LogP contribution in [0.4, 0.5) is 0 Å². The highest BCUT2D eigenvalue weighted by Crippen LogP contribution is 2.25. The number of carbonyl (C=O) groups is 1. The fourth-order valence-corrected chi connectivity index (χ4v) is 3.23. The molecule has 0 aromatic rings. The topological polar surface area (TPSA) is 26.8 Å². The number of hydrogen-bond donors (Lipinski definition) is 0. The third kappa shape index (κ3) is 7.80. The summed E-state index contributed by atoms with van der Waals surface area (Å²) < 4.78 is 0. The highest BCUT2D eigenvalue weighted by atomic mass is 16.2. The number of nitrogens with zero attached hydrogens (tertiary/aromatic N) is 3. The van der Waals surface area contributed by atoms with E-state index in [0.29, 0.717) is 11.8 Å². The second-order valence-electron chi connectivity index (χ2n) is 7.55. The maximum absolute atomic E-state index is 12.4. The summed E-state index contributed by atoms with van der Waals surface area (Å²) in [5.41, 5.74) is 1.34. The third-order valence-corrected chi connectivity index (χ3v) is 4.23. The largest absolute Gasteiger partial charge is 0.338 e. The second-order valence-corrected chi connectivity index (χ2v) is 7.55. The van der Waals surface area contributed by atoms with Gasteiger partial charge in [-0.3, -0.25) is 4.79 Å². The van der Waals surface area contributed by atoms with Gasteiger partial charge in [0.1, 0.15) is 0 Å². The van der Waals surface area contributed by atoms with Gasteiger partial charge < -0.3 is 14.7 Å². The van der Waals surface area contributed by atoms with Crippen LogP contribution >= 0.6 is 0 Å². The minimum absolute atomic E-state index is 0.173. The summed E-state index contributed by atoms with van der Waals surface area (Å²) in [6.45, 7) is 8.07. The van der Waals surface area contributed by atoms with Crippen molar-refractivity contribution in [2.24, 2.45) is 11.8 Å². The molecule has 0 aromatic heterocycles. The summed E-state index contributed by atoms with van der Waals surface area (Å²) in [7, 11) is 8.45. The van der Waals surface area contributed by atoms with Crippen LogP contribution in [0.15, 0.2) is 23.8 Å². The Morgan fingerprint density at radius 3 is 1.96 bits per heavy atom. The maximum atomic E-state index is 12.4. The molecule has 0 aromatic carbocycles. The summed E-state index contributed by atoms with van der Waals surface area (Å²) >= 11 is 0. The zero-order valence-electron chi connectivity index (χ0n) is 15.9. The Morgan fingerprint density at radius 2 is 1.52 bits per heavy atom. The van der Waals surface area contributed by atoms with Gasteiger partial charge in [-0.15, -0.1) is 0 Å². The molecule has 1 aliphatic rings. The first-order valence-corrected chi connectivity index (χ1v) is 8.68. The molecule has 0 saturated carbocycles. The van der Waals surface area contributed by atoms with E-state index < -0.39 is 0 Å². The average Bonchev–Trinajstić information content (AvgIpc) is 2.79. The van der Waals surface area contributed by atoms with Crippen molar-refractivity contribution < 1.29 is 4.79 Å². The Morgan fingerprint density at radius 1 is 1.00 bits per heavy atom. The molecule has 4 nitrogen and oxygen atoms in total. The molecule has 0 spiro atoms. The van der Waals surface area contributed by atoms with Gasteiger partial charge in [-0.1, -0.05) is 17.7 Å². The molecule has 1 aliphatic heterocycles. The van der Waals surface area contributed by atoms with Gasteiger partial charge in [-0.25, -0.2) is 0 Å². The van der Waals surface area contributed by atoms with E-state index in [1.54, 1.807) is 6.08 Å². The predicted octanol–water partition coefficient (Wildman–Crippen LogP) is 2.49. The number of likely N-dealkylation sites (tertiary alicyclic amines) is 1. The smallest absolute Gasteiger partial charge is 0.246 e. The van der Waals surface area contributed by atoms with Crippen molar-refractivity contribution in [1.82, 2.24) is 14.7 Å². The molecule has 1 saturated heterocycles. The van der Waals surface area contributed by atoms with E-state index in [-0.39, 0.29) is 5.91 Å². The fourth-order valence-electron chi connectivity index (χ4n) is 3.23. The third-order valence-electron chi connectivity index (χ3n) is 4.23. The molecule has 1 rings (SSSR count). The van der Waals surface area contributed by atoms with Gasteiger partial charge in [0.2, 0.25) is 5.91 Å². The van der Waals surface area contributed by atoms with Crippen LogP contribution in [0.3, 0.4) is 0 Å². The van der Waals surface area contributed by atoms with E-state index in [0.717, 1.165) is 39.0 Å². The fraction of sp³-hybridized carbons (Fsp3) is 0.737. The summed E-state index contributed by atoms with van der Waals surface area (Å²) in [6.07, 6.45) is 7.95. The minimum Gasteiger partial charge on any atom is -0.338 e. The van der Waals surface area contributed by atoms with Crippen molar-refractivity contribution >= 4 is 5.91 Å². The van der Waals surface area contributed by atoms with Crippen molar-refractivity contribution in [2.45, 2.75) is 26.7 Å². The van der Waals surface area contributed by atoms with Gasteiger partial charge in [-0.05, 0) is 72.8 Å². The molecule has 0 bridgehead atoms. The summed E-state index contributed by atoms with van der Waals surface area (Å²) in [5.74, 6) is 1.30. The van der Waals surface area contributed by atoms with Crippen LogP contribution in [-0.2, 0) is 4.79 Å². The maximum Gasteiger partial charge on any atom is 0.246 e. The molecule has 0 radical (unpaired) electrons. The number of unbranched alkanes of at least 4 members (excludes halogenated alkanes) is 1. The quantitative estimate of drug-likeness (QED) is 0.390. The first-order valence-electron chi connectivity index (χ1n) is 8.68. The Bertz CT molecular complexity index is 404. The molecule has 132 valence electrons. The van der Waals surface area contributed by atoms with E-state index in [9.17, 15) is 4.79 Å². The van der Waals surface area contributed by atoms with Gasteiger partial charge in [0, 0.05) is 26.2 Å². The van der Waals surface area contributed by atoms with Crippen LogP contribution < -0.4 is 0 Å². The zero-order valence-corrected chi connectivity index (χ0v) is 15.9. The Balaban J connectivity index is 2.54. The SMILES string of the molecule is CC(C)=CCC/C=C/C(=O)N1C[C@@H](CN(C)C)[C@H](CN(C)C)C1. The highest BCUT2D eigenvalue weighted by Gasteiger charge is 2.34. The number of amides is 1. The van der Waals surface area contributed by atoms with Crippen molar-refractivity contribution in [3.63, 3.8) is 0 Å². The van der Waals surface area contributed by atoms with Crippen LogP contribution in [0.25, 0.3) is 0 Å². The molecule has 4 heteroatoms. The number of carbonyl (C=O) groups excluding carboxylic acids is 1. The molecule has 23 heavy (non-hydrogen) atoms. The van der Waals surface area contributed by atoms with Crippen molar-refractivity contribution in [2.75, 3.05) is 54.4 Å². The molecule has 0 unspecified atom stereocenters. The highest BCUT2D eigenvalue weighted by molar-refractivity contribution is 5.87. The van der Waals surface area contributed by atoms with E-state index in [4.69, 9.17) is 0 Å². The van der Waals surface area contributed by atoms with Crippen molar-refractivity contribution in [3.8, 4) is 0 Å². The molecule has 1 fully saturated rings. The van der Waals surface area contributed by atoms with E-state index >= 15 is 0 Å². The molecule has 0 aliphatic carbocycles. The van der Waals surface area contributed by atoms with Crippen molar-refractivity contribution in [1.29, 1.82) is 0 Å². The summed E-state index contributed by atoms with van der Waals surface area (Å²) in [4.78, 5) is 18.9. The second kappa shape index (κ2) is 9.89. The van der Waals surface area contributed by atoms with Crippen LogP contribution in [0.1, 0.15) is 26.7 Å². The van der Waals surface area contributed by atoms with Crippen LogP contribution in [0, 0.1) is 11.8 Å². The van der Waals surface area contributed by atoms with Crippen molar-refractivity contribution in [3.05, 3.63) is 23.8 Å². The van der Waals surface area contributed by atoms with Crippen LogP contribution in [0.5, 0.6) is 0 Å². The Hall–Kier alpha value is -1.13.